The standard InChI is InChI=1S/C15H12N2O3/c18-15(16-13-7-2-1-3-8-13)11-10-12-6-4-5-9-14(12)17(19)20/h1-11H,(H,16,18). The molecule has 20 heavy (non-hydrogen) atoms. The van der Waals surface area contributed by atoms with Gasteiger partial charge >= 0.3 is 0 Å². The molecule has 0 aliphatic carbocycles. The van der Waals surface area contributed by atoms with E-state index < -0.39 is 4.92 Å². The number of carbonyl (C=O) groups is 1. The van der Waals surface area contributed by atoms with Gasteiger partial charge in [-0.25, -0.2) is 0 Å². The number of rotatable bonds is 4. The van der Waals surface area contributed by atoms with Crippen molar-refractivity contribution in [1.82, 2.24) is 0 Å². The van der Waals surface area contributed by atoms with Gasteiger partial charge in [-0.3, -0.25) is 14.9 Å². The first-order chi connectivity index (χ1) is 9.66. The fourth-order valence-electron chi connectivity index (χ4n) is 1.67. The molecule has 0 heterocycles. The molecule has 5 nitrogen and oxygen atoms in total. The van der Waals surface area contributed by atoms with Crippen LogP contribution < -0.4 is 5.32 Å². The van der Waals surface area contributed by atoms with Crippen LogP contribution in [0.2, 0.25) is 0 Å². The summed E-state index contributed by atoms with van der Waals surface area (Å²) in [6, 6.07) is 15.2. The smallest absolute Gasteiger partial charge is 0.276 e. The zero-order chi connectivity index (χ0) is 14.4. The molecule has 2 aromatic carbocycles. The third-order valence-corrected chi connectivity index (χ3v) is 2.59. The van der Waals surface area contributed by atoms with Crippen molar-refractivity contribution in [3.05, 3.63) is 76.4 Å². The lowest BCUT2D eigenvalue weighted by atomic mass is 10.1. The van der Waals surface area contributed by atoms with E-state index >= 15 is 0 Å². The van der Waals surface area contributed by atoms with Gasteiger partial charge in [0.2, 0.25) is 5.91 Å². The van der Waals surface area contributed by atoms with E-state index in [-0.39, 0.29) is 11.6 Å². The molecule has 5 heteroatoms. The summed E-state index contributed by atoms with van der Waals surface area (Å²) in [4.78, 5) is 22.1. The largest absolute Gasteiger partial charge is 0.323 e. The number of carbonyl (C=O) groups excluding carboxylic acids is 1. The van der Waals surface area contributed by atoms with Gasteiger partial charge in [0.1, 0.15) is 0 Å². The first-order valence-electron chi connectivity index (χ1n) is 5.94. The molecule has 0 spiro atoms. The van der Waals surface area contributed by atoms with Crippen LogP contribution in [0.15, 0.2) is 60.7 Å². The van der Waals surface area contributed by atoms with Crippen molar-refractivity contribution in [2.45, 2.75) is 0 Å². The molecule has 2 rings (SSSR count). The highest BCUT2D eigenvalue weighted by atomic mass is 16.6. The highest BCUT2D eigenvalue weighted by Gasteiger charge is 2.09. The monoisotopic (exact) mass is 268 g/mol. The summed E-state index contributed by atoms with van der Waals surface area (Å²) in [7, 11) is 0. The summed E-state index contributed by atoms with van der Waals surface area (Å²) in [5, 5.41) is 13.5. The number of nitrogens with zero attached hydrogens (tertiary/aromatic N) is 1. The molecule has 0 saturated heterocycles. The zero-order valence-electron chi connectivity index (χ0n) is 10.5. The first kappa shape index (κ1) is 13.5. The predicted octanol–water partition coefficient (Wildman–Crippen LogP) is 3.25. The van der Waals surface area contributed by atoms with Gasteiger partial charge in [-0.1, -0.05) is 30.3 Å². The maximum Gasteiger partial charge on any atom is 0.276 e. The lowest BCUT2D eigenvalue weighted by molar-refractivity contribution is -0.385. The Bertz CT molecular complexity index is 651. The topological polar surface area (TPSA) is 72.2 Å². The van der Waals surface area contributed by atoms with Gasteiger partial charge in [-0.05, 0) is 24.3 Å². The van der Waals surface area contributed by atoms with E-state index in [1.807, 2.05) is 6.07 Å². The summed E-state index contributed by atoms with van der Waals surface area (Å²) in [6.45, 7) is 0. The number of anilines is 1. The van der Waals surface area contributed by atoms with E-state index in [0.29, 0.717) is 11.3 Å². The number of benzene rings is 2. The van der Waals surface area contributed by atoms with Crippen LogP contribution in [-0.2, 0) is 4.79 Å². The number of hydrogen-bond acceptors (Lipinski definition) is 3. The minimum Gasteiger partial charge on any atom is -0.323 e. The molecule has 1 amide bonds. The molecule has 2 aromatic rings. The molecular weight excluding hydrogens is 256 g/mol. The van der Waals surface area contributed by atoms with E-state index in [0.717, 1.165) is 0 Å². The van der Waals surface area contributed by atoms with Crippen molar-refractivity contribution in [2.75, 3.05) is 5.32 Å². The van der Waals surface area contributed by atoms with Crippen LogP contribution in [0.1, 0.15) is 5.56 Å². The summed E-state index contributed by atoms with van der Waals surface area (Å²) in [5.41, 5.74) is 1.03. The Balaban J connectivity index is 2.10. The maximum atomic E-state index is 11.7. The molecular formula is C15H12N2O3. The molecule has 0 radical (unpaired) electrons. The Labute approximate surface area is 115 Å². The maximum absolute atomic E-state index is 11.7. The van der Waals surface area contributed by atoms with Gasteiger partial charge in [0.15, 0.2) is 0 Å². The highest BCUT2D eigenvalue weighted by molar-refractivity contribution is 6.02. The van der Waals surface area contributed by atoms with Crippen molar-refractivity contribution in [2.24, 2.45) is 0 Å². The lowest BCUT2D eigenvalue weighted by Gasteiger charge is -2.00. The molecule has 0 aromatic heterocycles. The van der Waals surface area contributed by atoms with E-state index in [1.165, 1.54) is 18.2 Å². The first-order valence-corrected chi connectivity index (χ1v) is 5.94. The minimum absolute atomic E-state index is 0.0312. The molecule has 1 N–H and O–H groups in total. The fraction of sp³-hybridized carbons (Fsp3) is 0. The van der Waals surface area contributed by atoms with Crippen LogP contribution in [0, 0.1) is 10.1 Å². The predicted molar refractivity (Wildman–Crippen MR) is 77.2 cm³/mol. The van der Waals surface area contributed by atoms with Gasteiger partial charge in [0.25, 0.3) is 5.69 Å². The van der Waals surface area contributed by atoms with Gasteiger partial charge in [0.05, 0.1) is 10.5 Å². The molecule has 0 aliphatic heterocycles. The van der Waals surface area contributed by atoms with E-state index in [4.69, 9.17) is 0 Å². The summed E-state index contributed by atoms with van der Waals surface area (Å²) < 4.78 is 0. The van der Waals surface area contributed by atoms with E-state index in [2.05, 4.69) is 5.32 Å². The Kier molecular flexibility index (Phi) is 4.24. The number of hydrogen-bond donors (Lipinski definition) is 1. The van der Waals surface area contributed by atoms with Gasteiger partial charge in [-0.15, -0.1) is 0 Å². The Hall–Kier alpha value is -2.95. The van der Waals surface area contributed by atoms with Gasteiger partial charge in [0, 0.05) is 17.8 Å². The van der Waals surface area contributed by atoms with Crippen LogP contribution in [0.25, 0.3) is 6.08 Å². The van der Waals surface area contributed by atoms with Crippen LogP contribution in [0.4, 0.5) is 11.4 Å². The summed E-state index contributed by atoms with van der Waals surface area (Å²) >= 11 is 0. The second-order valence-corrected chi connectivity index (χ2v) is 4.00. The SMILES string of the molecule is O=C(C=Cc1ccccc1[N+](=O)[O-])Nc1ccccc1. The van der Waals surface area contributed by atoms with E-state index in [9.17, 15) is 14.9 Å². The van der Waals surface area contributed by atoms with Crippen LogP contribution in [0.5, 0.6) is 0 Å². The van der Waals surface area contributed by atoms with Crippen molar-refractivity contribution >= 4 is 23.4 Å². The molecule has 0 unspecified atom stereocenters. The quantitative estimate of drug-likeness (QED) is 0.525. The van der Waals surface area contributed by atoms with Crippen molar-refractivity contribution in [1.29, 1.82) is 0 Å². The average Bonchev–Trinajstić information content (AvgIpc) is 2.46. The number of para-hydroxylation sites is 2. The molecule has 0 bridgehead atoms. The van der Waals surface area contributed by atoms with Crippen LogP contribution >= 0.6 is 0 Å². The Morgan fingerprint density at radius 1 is 1.05 bits per heavy atom. The lowest BCUT2D eigenvalue weighted by Crippen LogP contribution is -2.07. The fourth-order valence-corrected chi connectivity index (χ4v) is 1.67. The number of nitrogens with one attached hydrogen (secondary N) is 1. The number of amides is 1. The molecule has 0 aliphatic rings. The summed E-state index contributed by atoms with van der Waals surface area (Å²) in [6.07, 6.45) is 2.70. The van der Waals surface area contributed by atoms with Crippen molar-refractivity contribution in [3.8, 4) is 0 Å². The molecule has 0 atom stereocenters. The van der Waals surface area contributed by atoms with Gasteiger partial charge in [-0.2, -0.15) is 0 Å². The number of nitro benzene ring substituents is 1. The normalized spacial score (nSPS) is 10.4. The second-order valence-electron chi connectivity index (χ2n) is 4.00. The Morgan fingerprint density at radius 2 is 1.70 bits per heavy atom. The summed E-state index contributed by atoms with van der Waals surface area (Å²) in [5.74, 6) is -0.339. The second kappa shape index (κ2) is 6.29. The average molecular weight is 268 g/mol. The third kappa shape index (κ3) is 3.52. The zero-order valence-corrected chi connectivity index (χ0v) is 10.5. The minimum atomic E-state index is -0.477. The van der Waals surface area contributed by atoms with Crippen LogP contribution in [-0.4, -0.2) is 10.8 Å². The Morgan fingerprint density at radius 3 is 2.40 bits per heavy atom. The molecule has 100 valence electrons. The van der Waals surface area contributed by atoms with Crippen molar-refractivity contribution < 1.29 is 9.72 Å². The number of nitro groups is 1. The highest BCUT2D eigenvalue weighted by Crippen LogP contribution is 2.18. The molecule has 0 saturated carbocycles. The van der Waals surface area contributed by atoms with Gasteiger partial charge < -0.3 is 5.32 Å². The third-order valence-electron chi connectivity index (χ3n) is 2.59. The molecule has 0 fully saturated rings. The van der Waals surface area contributed by atoms with Crippen LogP contribution in [0.3, 0.4) is 0 Å². The van der Waals surface area contributed by atoms with E-state index in [1.54, 1.807) is 42.5 Å². The van der Waals surface area contributed by atoms with Crippen molar-refractivity contribution in [3.63, 3.8) is 0 Å².